The first-order chi connectivity index (χ1) is 7.68. The summed E-state index contributed by atoms with van der Waals surface area (Å²) in [5, 5.41) is 0. The van der Waals surface area contributed by atoms with E-state index in [9.17, 15) is 0 Å². The summed E-state index contributed by atoms with van der Waals surface area (Å²) in [5.74, 6) is 0. The second-order valence-corrected chi connectivity index (χ2v) is 5.62. The summed E-state index contributed by atoms with van der Waals surface area (Å²) < 4.78 is 0. The Morgan fingerprint density at radius 3 is 1.88 bits per heavy atom. The van der Waals surface area contributed by atoms with E-state index in [1.54, 1.807) is 0 Å². The minimum atomic E-state index is 0.573. The van der Waals surface area contributed by atoms with Crippen molar-refractivity contribution < 1.29 is 0 Å². The van der Waals surface area contributed by atoms with Gasteiger partial charge in [0.25, 0.3) is 0 Å². The van der Waals surface area contributed by atoms with E-state index in [4.69, 9.17) is 5.73 Å². The van der Waals surface area contributed by atoms with Crippen LogP contribution in [-0.2, 0) is 0 Å². The highest BCUT2D eigenvalue weighted by Crippen LogP contribution is 2.35. The average molecular weight is 227 g/mol. The van der Waals surface area contributed by atoms with Crippen LogP contribution in [-0.4, -0.2) is 6.54 Å². The number of hydrogen-bond acceptors (Lipinski definition) is 1. The van der Waals surface area contributed by atoms with Gasteiger partial charge in [0.15, 0.2) is 0 Å². The molecule has 16 heavy (non-hydrogen) atoms. The van der Waals surface area contributed by atoms with E-state index < -0.39 is 0 Å². The lowest BCUT2D eigenvalue weighted by molar-refractivity contribution is 0.229. The minimum Gasteiger partial charge on any atom is -0.330 e. The van der Waals surface area contributed by atoms with Crippen molar-refractivity contribution in [1.29, 1.82) is 0 Å². The zero-order chi connectivity index (χ0) is 12.3. The van der Waals surface area contributed by atoms with Crippen LogP contribution in [0.3, 0.4) is 0 Å². The van der Waals surface area contributed by atoms with Crippen molar-refractivity contribution in [3.05, 3.63) is 0 Å². The molecule has 0 saturated heterocycles. The summed E-state index contributed by atoms with van der Waals surface area (Å²) in [7, 11) is 0. The number of rotatable bonds is 11. The molecule has 0 aliphatic rings. The zero-order valence-corrected chi connectivity index (χ0v) is 11.9. The molecule has 1 atom stereocenters. The lowest BCUT2D eigenvalue weighted by Crippen LogP contribution is -2.18. The molecule has 0 rings (SSSR count). The lowest BCUT2D eigenvalue weighted by Gasteiger charge is -2.30. The Morgan fingerprint density at radius 1 is 0.750 bits per heavy atom. The van der Waals surface area contributed by atoms with Gasteiger partial charge in [0.2, 0.25) is 0 Å². The Balaban J connectivity index is 3.86. The molecule has 0 aliphatic heterocycles. The molecule has 0 amide bonds. The molecule has 0 aromatic heterocycles. The molecule has 1 unspecified atom stereocenters. The third kappa shape index (κ3) is 8.15. The van der Waals surface area contributed by atoms with E-state index in [0.29, 0.717) is 5.41 Å². The summed E-state index contributed by atoms with van der Waals surface area (Å²) in [6.07, 6.45) is 13.6. The molecule has 0 heterocycles. The molecule has 1 nitrogen and oxygen atoms in total. The predicted octanol–water partition coefficient (Wildman–Crippen LogP) is 4.89. The average Bonchev–Trinajstić information content (AvgIpc) is 2.30. The van der Waals surface area contributed by atoms with Gasteiger partial charge >= 0.3 is 0 Å². The van der Waals surface area contributed by atoms with Gasteiger partial charge in [0.1, 0.15) is 0 Å². The van der Waals surface area contributed by atoms with Crippen LogP contribution in [0.4, 0.5) is 0 Å². The Morgan fingerprint density at radius 2 is 1.31 bits per heavy atom. The third-order valence-electron chi connectivity index (χ3n) is 3.75. The topological polar surface area (TPSA) is 26.0 Å². The Kier molecular flexibility index (Phi) is 10.1. The number of hydrogen-bond donors (Lipinski definition) is 1. The first-order valence-electron chi connectivity index (χ1n) is 7.38. The SMILES string of the molecule is CCCCCCC(C)(CCCC)CCCN. The Bertz CT molecular complexity index is 134. The van der Waals surface area contributed by atoms with Crippen molar-refractivity contribution in [3.8, 4) is 0 Å². The standard InChI is InChI=1S/C15H33N/c1-4-6-8-9-12-15(3,11-7-5-2)13-10-14-16/h4-14,16H2,1-3H3. The van der Waals surface area contributed by atoms with Crippen LogP contribution >= 0.6 is 0 Å². The van der Waals surface area contributed by atoms with Gasteiger partial charge in [-0.3, -0.25) is 0 Å². The largest absolute Gasteiger partial charge is 0.330 e. The molecule has 2 N–H and O–H groups in total. The summed E-state index contributed by atoms with van der Waals surface area (Å²) >= 11 is 0. The van der Waals surface area contributed by atoms with E-state index in [-0.39, 0.29) is 0 Å². The minimum absolute atomic E-state index is 0.573. The Hall–Kier alpha value is -0.0400. The van der Waals surface area contributed by atoms with Gasteiger partial charge < -0.3 is 5.73 Å². The highest BCUT2D eigenvalue weighted by Gasteiger charge is 2.22. The van der Waals surface area contributed by atoms with Crippen molar-refractivity contribution in [2.45, 2.75) is 85.0 Å². The first-order valence-corrected chi connectivity index (χ1v) is 7.38. The van der Waals surface area contributed by atoms with Gasteiger partial charge in [0.05, 0.1) is 0 Å². The van der Waals surface area contributed by atoms with Crippen LogP contribution in [0.15, 0.2) is 0 Å². The van der Waals surface area contributed by atoms with E-state index in [1.807, 2.05) is 0 Å². The summed E-state index contributed by atoms with van der Waals surface area (Å²) in [5.41, 5.74) is 6.21. The van der Waals surface area contributed by atoms with Crippen LogP contribution in [0.2, 0.25) is 0 Å². The monoisotopic (exact) mass is 227 g/mol. The lowest BCUT2D eigenvalue weighted by atomic mass is 9.76. The van der Waals surface area contributed by atoms with Crippen molar-refractivity contribution in [3.63, 3.8) is 0 Å². The fourth-order valence-corrected chi connectivity index (χ4v) is 2.49. The van der Waals surface area contributed by atoms with Gasteiger partial charge in [-0.2, -0.15) is 0 Å². The maximum Gasteiger partial charge on any atom is -0.00771 e. The third-order valence-corrected chi connectivity index (χ3v) is 3.75. The van der Waals surface area contributed by atoms with E-state index in [2.05, 4.69) is 20.8 Å². The van der Waals surface area contributed by atoms with Crippen LogP contribution in [0.5, 0.6) is 0 Å². The molecule has 0 aromatic carbocycles. The van der Waals surface area contributed by atoms with Crippen molar-refractivity contribution >= 4 is 0 Å². The normalized spacial score (nSPS) is 15.0. The maximum absolute atomic E-state index is 5.64. The molecule has 0 radical (unpaired) electrons. The van der Waals surface area contributed by atoms with Crippen LogP contribution in [0.1, 0.15) is 85.0 Å². The zero-order valence-electron chi connectivity index (χ0n) is 11.9. The highest BCUT2D eigenvalue weighted by molar-refractivity contribution is 4.74. The quantitative estimate of drug-likeness (QED) is 0.500. The van der Waals surface area contributed by atoms with Gasteiger partial charge in [0, 0.05) is 0 Å². The highest BCUT2D eigenvalue weighted by atomic mass is 14.5. The molecule has 0 aromatic rings. The second-order valence-electron chi connectivity index (χ2n) is 5.62. The molecule has 0 aliphatic carbocycles. The van der Waals surface area contributed by atoms with Gasteiger partial charge in [-0.05, 0) is 37.6 Å². The molecule has 0 fully saturated rings. The molecule has 98 valence electrons. The van der Waals surface area contributed by atoms with Crippen LogP contribution in [0.25, 0.3) is 0 Å². The number of unbranched alkanes of at least 4 members (excludes halogenated alkanes) is 4. The van der Waals surface area contributed by atoms with Gasteiger partial charge in [-0.15, -0.1) is 0 Å². The molecule has 1 heteroatoms. The summed E-state index contributed by atoms with van der Waals surface area (Å²) in [4.78, 5) is 0. The van der Waals surface area contributed by atoms with Crippen molar-refractivity contribution in [2.24, 2.45) is 11.1 Å². The first kappa shape index (κ1) is 16.0. The van der Waals surface area contributed by atoms with Gasteiger partial charge in [-0.1, -0.05) is 59.3 Å². The predicted molar refractivity (Wildman–Crippen MR) is 74.7 cm³/mol. The molecule has 0 bridgehead atoms. The Labute approximate surface area is 103 Å². The maximum atomic E-state index is 5.64. The summed E-state index contributed by atoms with van der Waals surface area (Å²) in [6.45, 7) is 7.91. The molecule has 0 spiro atoms. The van der Waals surface area contributed by atoms with Gasteiger partial charge in [-0.25, -0.2) is 0 Å². The molecule has 0 saturated carbocycles. The second kappa shape index (κ2) is 10.1. The molecular formula is C15H33N. The van der Waals surface area contributed by atoms with E-state index >= 15 is 0 Å². The molecular weight excluding hydrogens is 194 g/mol. The van der Waals surface area contributed by atoms with E-state index in [1.165, 1.54) is 64.2 Å². The van der Waals surface area contributed by atoms with Crippen molar-refractivity contribution in [1.82, 2.24) is 0 Å². The fourth-order valence-electron chi connectivity index (χ4n) is 2.49. The van der Waals surface area contributed by atoms with Crippen molar-refractivity contribution in [2.75, 3.05) is 6.54 Å². The summed E-state index contributed by atoms with van der Waals surface area (Å²) in [6, 6.07) is 0. The fraction of sp³-hybridized carbons (Fsp3) is 1.00. The van der Waals surface area contributed by atoms with Crippen LogP contribution < -0.4 is 5.73 Å². The van der Waals surface area contributed by atoms with E-state index in [0.717, 1.165) is 6.54 Å². The smallest absolute Gasteiger partial charge is 0.00771 e. The number of nitrogens with two attached hydrogens (primary N) is 1. The van der Waals surface area contributed by atoms with Crippen LogP contribution in [0, 0.1) is 5.41 Å².